The van der Waals surface area contributed by atoms with E-state index < -0.39 is 0 Å². The summed E-state index contributed by atoms with van der Waals surface area (Å²) in [6.45, 7) is 7.09. The second-order valence-electron chi connectivity index (χ2n) is 3.73. The molecule has 0 saturated heterocycles. The number of aryl methyl sites for hydroxylation is 1. The smallest absolute Gasteiger partial charge is 0.872 e. The van der Waals surface area contributed by atoms with Gasteiger partial charge in [0.25, 0.3) is 0 Å². The minimum absolute atomic E-state index is 0. The second kappa shape index (κ2) is 8.98. The van der Waals surface area contributed by atoms with Crippen LogP contribution in [0.5, 0.6) is 5.75 Å². The van der Waals surface area contributed by atoms with Crippen molar-refractivity contribution in [3.63, 3.8) is 0 Å². The van der Waals surface area contributed by atoms with Crippen LogP contribution >= 0.6 is 0 Å². The van der Waals surface area contributed by atoms with Crippen molar-refractivity contribution in [1.82, 2.24) is 0 Å². The maximum atomic E-state index is 11.8. The Balaban J connectivity index is 0.000000660. The van der Waals surface area contributed by atoms with Crippen LogP contribution in [0, 0.1) is 6.92 Å². The van der Waals surface area contributed by atoms with E-state index >= 15 is 0 Å². The molecule has 88 valence electrons. The van der Waals surface area contributed by atoms with E-state index in [-0.39, 0.29) is 35.3 Å². The molecule has 0 aliphatic carbocycles. The Kier molecular flexibility index (Phi) is 8.47. The van der Waals surface area contributed by atoms with Crippen LogP contribution in [-0.4, -0.2) is 0 Å². The van der Waals surface area contributed by atoms with Gasteiger partial charge in [-0.15, -0.1) is 6.58 Å². The zero-order valence-corrected chi connectivity index (χ0v) is 13.3. The molecule has 0 bridgehead atoms. The molecule has 2 aromatic carbocycles. The molecule has 0 spiro atoms. The summed E-state index contributed by atoms with van der Waals surface area (Å²) in [7, 11) is 0. The molecule has 2 rings (SSSR count). The van der Waals surface area contributed by atoms with Gasteiger partial charge in [0.05, 0.1) is 0 Å². The summed E-state index contributed by atoms with van der Waals surface area (Å²) >= 11 is 0. The summed E-state index contributed by atoms with van der Waals surface area (Å²) in [5, 5.41) is 11.8. The molecular formula is C16H17NaO. The molecule has 0 fully saturated rings. The van der Waals surface area contributed by atoms with E-state index in [0.29, 0.717) is 0 Å². The number of para-hydroxylation sites is 1. The Morgan fingerprint density at radius 2 is 1.56 bits per heavy atom. The van der Waals surface area contributed by atoms with E-state index in [4.69, 9.17) is 0 Å². The fourth-order valence-electron chi connectivity index (χ4n) is 1.50. The van der Waals surface area contributed by atoms with Crippen molar-refractivity contribution in [2.45, 2.75) is 13.8 Å². The van der Waals surface area contributed by atoms with E-state index in [1.165, 1.54) is 0 Å². The van der Waals surface area contributed by atoms with Gasteiger partial charge in [0.1, 0.15) is 0 Å². The molecule has 2 heteroatoms. The van der Waals surface area contributed by atoms with Crippen LogP contribution in [-0.2, 0) is 0 Å². The van der Waals surface area contributed by atoms with Gasteiger partial charge in [0, 0.05) is 0 Å². The number of hydrogen-bond acceptors (Lipinski definition) is 1. The number of rotatable bonds is 1. The number of allylic oxidation sites excluding steroid dienone is 1. The molecule has 0 atom stereocenters. The number of hydrogen-bond donors (Lipinski definition) is 0. The maximum Gasteiger partial charge on any atom is 1.00 e. The van der Waals surface area contributed by atoms with Crippen LogP contribution in [0.1, 0.15) is 12.5 Å². The zero-order chi connectivity index (χ0) is 12.7. The van der Waals surface area contributed by atoms with Crippen LogP contribution in [0.2, 0.25) is 0 Å². The van der Waals surface area contributed by atoms with Crippen molar-refractivity contribution in [1.29, 1.82) is 0 Å². The van der Waals surface area contributed by atoms with Crippen molar-refractivity contribution < 1.29 is 34.7 Å². The Morgan fingerprint density at radius 3 is 2.11 bits per heavy atom. The molecule has 0 unspecified atom stereocenters. The summed E-state index contributed by atoms with van der Waals surface area (Å²) < 4.78 is 0. The number of benzene rings is 2. The molecule has 2 aromatic rings. The molecular weight excluding hydrogens is 231 g/mol. The van der Waals surface area contributed by atoms with Gasteiger partial charge >= 0.3 is 29.6 Å². The summed E-state index contributed by atoms with van der Waals surface area (Å²) in [5.74, 6) is 0.124. The largest absolute Gasteiger partial charge is 1.00 e. The molecule has 0 amide bonds. The molecule has 0 aliphatic heterocycles. The van der Waals surface area contributed by atoms with E-state index in [9.17, 15) is 5.11 Å². The summed E-state index contributed by atoms with van der Waals surface area (Å²) in [6.07, 6.45) is 1.75. The molecule has 18 heavy (non-hydrogen) atoms. The van der Waals surface area contributed by atoms with Gasteiger partial charge in [-0.05, 0) is 25.0 Å². The normalized spacial score (nSPS) is 8.56. The fraction of sp³-hybridized carbons (Fsp3) is 0.125. The monoisotopic (exact) mass is 248 g/mol. The van der Waals surface area contributed by atoms with E-state index in [1.807, 2.05) is 62.4 Å². The SMILES string of the molecule is C=CC.Cc1cccc(-c2ccccc2)c1[O-].[Na+]. The van der Waals surface area contributed by atoms with Crippen LogP contribution in [0.15, 0.2) is 61.2 Å². The zero-order valence-electron chi connectivity index (χ0n) is 11.3. The van der Waals surface area contributed by atoms with Gasteiger partial charge in [-0.2, -0.15) is 0 Å². The van der Waals surface area contributed by atoms with Crippen molar-refractivity contribution in [3.8, 4) is 16.9 Å². The van der Waals surface area contributed by atoms with Crippen molar-refractivity contribution in [3.05, 3.63) is 66.7 Å². The van der Waals surface area contributed by atoms with Gasteiger partial charge in [-0.1, -0.05) is 65.9 Å². The fourth-order valence-corrected chi connectivity index (χ4v) is 1.50. The first-order chi connectivity index (χ1) is 8.20. The predicted molar refractivity (Wildman–Crippen MR) is 71.9 cm³/mol. The van der Waals surface area contributed by atoms with Crippen LogP contribution < -0.4 is 34.7 Å². The third kappa shape index (κ3) is 4.69. The first-order valence-electron chi connectivity index (χ1n) is 5.59. The minimum atomic E-state index is 0. The Hall–Kier alpha value is -1.02. The van der Waals surface area contributed by atoms with Gasteiger partial charge in [-0.25, -0.2) is 0 Å². The third-order valence-electron chi connectivity index (χ3n) is 2.30. The predicted octanol–water partition coefficient (Wildman–Crippen LogP) is 0.932. The summed E-state index contributed by atoms with van der Waals surface area (Å²) in [4.78, 5) is 0. The molecule has 0 N–H and O–H groups in total. The van der Waals surface area contributed by atoms with Gasteiger partial charge in [0.2, 0.25) is 0 Å². The average molecular weight is 248 g/mol. The van der Waals surface area contributed by atoms with E-state index in [2.05, 4.69) is 6.58 Å². The summed E-state index contributed by atoms with van der Waals surface area (Å²) in [6, 6.07) is 15.4. The maximum absolute atomic E-state index is 11.8. The first kappa shape index (κ1) is 17.0. The van der Waals surface area contributed by atoms with Crippen molar-refractivity contribution in [2.75, 3.05) is 0 Å². The Bertz CT molecular complexity index is 478. The molecule has 0 saturated carbocycles. The van der Waals surface area contributed by atoms with Crippen molar-refractivity contribution in [2.24, 2.45) is 0 Å². The van der Waals surface area contributed by atoms with Gasteiger partial charge in [-0.3, -0.25) is 0 Å². The molecule has 0 aliphatic rings. The first-order valence-corrected chi connectivity index (χ1v) is 5.59. The van der Waals surface area contributed by atoms with E-state index in [1.54, 1.807) is 6.08 Å². The van der Waals surface area contributed by atoms with Gasteiger partial charge in [0.15, 0.2) is 0 Å². The van der Waals surface area contributed by atoms with Gasteiger partial charge < -0.3 is 5.11 Å². The third-order valence-corrected chi connectivity index (χ3v) is 2.30. The summed E-state index contributed by atoms with van der Waals surface area (Å²) in [5.41, 5.74) is 2.57. The molecule has 1 nitrogen and oxygen atoms in total. The molecule has 0 aromatic heterocycles. The van der Waals surface area contributed by atoms with Crippen molar-refractivity contribution >= 4 is 0 Å². The van der Waals surface area contributed by atoms with Crippen LogP contribution in [0.25, 0.3) is 11.1 Å². The van der Waals surface area contributed by atoms with Crippen LogP contribution in [0.3, 0.4) is 0 Å². The Labute approximate surface area is 131 Å². The topological polar surface area (TPSA) is 23.1 Å². The quantitative estimate of drug-likeness (QED) is 0.544. The Morgan fingerprint density at radius 1 is 1.00 bits per heavy atom. The van der Waals surface area contributed by atoms with Crippen LogP contribution in [0.4, 0.5) is 0 Å². The minimum Gasteiger partial charge on any atom is -0.872 e. The second-order valence-corrected chi connectivity index (χ2v) is 3.73. The molecule has 0 heterocycles. The average Bonchev–Trinajstić information content (AvgIpc) is 2.35. The standard InChI is InChI=1S/C13H12O.C3H6.Na/c1-10-6-5-9-12(13(10)14)11-7-3-2-4-8-11;1-3-2;/h2-9,14H,1H3;3H,1H2,2H3;/q;;+1/p-1. The van der Waals surface area contributed by atoms with E-state index in [0.717, 1.165) is 16.7 Å². The molecule has 0 radical (unpaired) electrons.